The third-order valence-corrected chi connectivity index (χ3v) is 4.27. The molecule has 0 fully saturated rings. The summed E-state index contributed by atoms with van der Waals surface area (Å²) < 4.78 is 11.5. The van der Waals surface area contributed by atoms with Gasteiger partial charge in [-0.1, -0.05) is 12.1 Å². The minimum atomic E-state index is -0.221. The molecule has 1 atom stereocenters. The average Bonchev–Trinajstić information content (AvgIpc) is 3.20. The Morgan fingerprint density at radius 2 is 2.32 bits per heavy atom. The number of hydrogen-bond acceptors (Lipinski definition) is 4. The zero-order valence-electron chi connectivity index (χ0n) is 14.1. The van der Waals surface area contributed by atoms with Crippen LogP contribution in [0.4, 0.5) is 5.69 Å². The monoisotopic (exact) mass is 337 g/mol. The summed E-state index contributed by atoms with van der Waals surface area (Å²) in [5, 5.41) is 10.7. The van der Waals surface area contributed by atoms with E-state index in [2.05, 4.69) is 15.5 Å². The van der Waals surface area contributed by atoms with Crippen molar-refractivity contribution in [2.24, 2.45) is 0 Å². The largest absolute Gasteiger partial charge is 0.492 e. The zero-order chi connectivity index (χ0) is 17.4. The summed E-state index contributed by atoms with van der Waals surface area (Å²) >= 11 is 0. The third kappa shape index (κ3) is 2.80. The number of aromatic nitrogens is 2. The Morgan fingerprint density at radius 1 is 1.44 bits per heavy atom. The standard InChI is InChI=1S/C19H19N3O3/c1-3-24-17-8-13-7-11(2)25-16(13)9-15(17)21-19(23)14-6-4-5-12-10-20-22-18(12)14/h4-6,8-11H,3,7H2,1-2H3,(H,20,22)(H,21,23). The molecule has 6 heteroatoms. The topological polar surface area (TPSA) is 76.2 Å². The molecule has 1 aromatic heterocycles. The summed E-state index contributed by atoms with van der Waals surface area (Å²) in [4.78, 5) is 12.8. The lowest BCUT2D eigenvalue weighted by molar-refractivity contribution is 0.102. The van der Waals surface area contributed by atoms with Gasteiger partial charge >= 0.3 is 0 Å². The molecule has 0 saturated heterocycles. The van der Waals surface area contributed by atoms with Gasteiger partial charge in [-0.25, -0.2) is 0 Å². The number of aromatic amines is 1. The molecule has 6 nitrogen and oxygen atoms in total. The first-order valence-corrected chi connectivity index (χ1v) is 8.35. The van der Waals surface area contributed by atoms with Gasteiger partial charge in [-0.3, -0.25) is 9.89 Å². The summed E-state index contributed by atoms with van der Waals surface area (Å²) in [7, 11) is 0. The van der Waals surface area contributed by atoms with E-state index in [1.807, 2.05) is 38.1 Å². The number of nitrogens with one attached hydrogen (secondary N) is 2. The number of H-pyrrole nitrogens is 1. The summed E-state index contributed by atoms with van der Waals surface area (Å²) in [6.07, 6.45) is 2.67. The highest BCUT2D eigenvalue weighted by molar-refractivity contribution is 6.12. The normalized spacial score (nSPS) is 15.7. The van der Waals surface area contributed by atoms with Gasteiger partial charge in [0.1, 0.15) is 17.6 Å². The maximum absolute atomic E-state index is 12.8. The summed E-state index contributed by atoms with van der Waals surface area (Å²) in [5.41, 5.74) is 2.96. The van der Waals surface area contributed by atoms with Gasteiger partial charge in [-0.05, 0) is 26.0 Å². The predicted molar refractivity (Wildman–Crippen MR) is 95.5 cm³/mol. The highest BCUT2D eigenvalue weighted by Crippen LogP contribution is 2.38. The van der Waals surface area contributed by atoms with Gasteiger partial charge in [0.25, 0.3) is 5.91 Å². The van der Waals surface area contributed by atoms with E-state index in [-0.39, 0.29) is 12.0 Å². The van der Waals surface area contributed by atoms with Gasteiger partial charge in [0.2, 0.25) is 0 Å². The molecule has 1 aliphatic rings. The minimum absolute atomic E-state index is 0.133. The number of fused-ring (bicyclic) bond motifs is 2. The number of ether oxygens (including phenoxy) is 2. The Balaban J connectivity index is 1.69. The molecule has 0 radical (unpaired) electrons. The van der Waals surface area contributed by atoms with Gasteiger partial charge in [-0.2, -0.15) is 5.10 Å². The van der Waals surface area contributed by atoms with Crippen molar-refractivity contribution in [2.75, 3.05) is 11.9 Å². The van der Waals surface area contributed by atoms with Crippen LogP contribution in [0, 0.1) is 0 Å². The fraction of sp³-hybridized carbons (Fsp3) is 0.263. The van der Waals surface area contributed by atoms with Crippen LogP contribution in [0.1, 0.15) is 29.8 Å². The lowest BCUT2D eigenvalue weighted by Gasteiger charge is -2.14. The molecule has 4 rings (SSSR count). The maximum atomic E-state index is 12.8. The third-order valence-electron chi connectivity index (χ3n) is 4.27. The SMILES string of the molecule is CCOc1cc2c(cc1NC(=O)c1cccc3cn[nH]c13)OC(C)C2. The second-order valence-corrected chi connectivity index (χ2v) is 6.12. The number of anilines is 1. The van der Waals surface area contributed by atoms with E-state index in [0.29, 0.717) is 29.1 Å². The number of carbonyl (C=O) groups is 1. The lowest BCUT2D eigenvalue weighted by Crippen LogP contribution is -2.13. The van der Waals surface area contributed by atoms with Gasteiger partial charge in [0.05, 0.1) is 29.6 Å². The molecule has 2 heterocycles. The Kier molecular flexibility index (Phi) is 3.80. The van der Waals surface area contributed by atoms with Crippen molar-refractivity contribution in [3.8, 4) is 11.5 Å². The Bertz CT molecular complexity index is 948. The van der Waals surface area contributed by atoms with Crippen LogP contribution in [0.25, 0.3) is 10.9 Å². The van der Waals surface area contributed by atoms with Crippen molar-refractivity contribution in [3.05, 3.63) is 47.7 Å². The molecular weight excluding hydrogens is 318 g/mol. The first kappa shape index (κ1) is 15.5. The van der Waals surface area contributed by atoms with Crippen molar-refractivity contribution in [2.45, 2.75) is 26.4 Å². The van der Waals surface area contributed by atoms with E-state index in [9.17, 15) is 4.79 Å². The van der Waals surface area contributed by atoms with Crippen molar-refractivity contribution >= 4 is 22.5 Å². The highest BCUT2D eigenvalue weighted by atomic mass is 16.5. The molecule has 2 aromatic carbocycles. The first-order chi connectivity index (χ1) is 12.2. The second kappa shape index (κ2) is 6.12. The molecule has 1 aliphatic heterocycles. The van der Waals surface area contributed by atoms with E-state index in [1.165, 1.54) is 0 Å². The molecule has 0 saturated carbocycles. The van der Waals surface area contributed by atoms with E-state index in [4.69, 9.17) is 9.47 Å². The van der Waals surface area contributed by atoms with Crippen LogP contribution >= 0.6 is 0 Å². The maximum Gasteiger partial charge on any atom is 0.257 e. The first-order valence-electron chi connectivity index (χ1n) is 8.35. The highest BCUT2D eigenvalue weighted by Gasteiger charge is 2.23. The lowest BCUT2D eigenvalue weighted by atomic mass is 10.1. The van der Waals surface area contributed by atoms with Crippen LogP contribution in [-0.4, -0.2) is 28.8 Å². The number of hydrogen-bond donors (Lipinski definition) is 2. The van der Waals surface area contributed by atoms with E-state index in [0.717, 1.165) is 23.1 Å². The van der Waals surface area contributed by atoms with Gasteiger partial charge < -0.3 is 14.8 Å². The minimum Gasteiger partial charge on any atom is -0.492 e. The van der Waals surface area contributed by atoms with Gasteiger partial charge in [0, 0.05) is 23.4 Å². The average molecular weight is 337 g/mol. The molecule has 25 heavy (non-hydrogen) atoms. The summed E-state index contributed by atoms with van der Waals surface area (Å²) in [5.74, 6) is 1.23. The summed E-state index contributed by atoms with van der Waals surface area (Å²) in [6.45, 7) is 4.47. The number of amides is 1. The number of benzene rings is 2. The number of para-hydroxylation sites is 1. The molecule has 128 valence electrons. The second-order valence-electron chi connectivity index (χ2n) is 6.12. The smallest absolute Gasteiger partial charge is 0.257 e. The van der Waals surface area contributed by atoms with Gasteiger partial charge in [0.15, 0.2) is 0 Å². The van der Waals surface area contributed by atoms with Crippen LogP contribution in [0.5, 0.6) is 11.5 Å². The van der Waals surface area contributed by atoms with E-state index < -0.39 is 0 Å². The molecule has 1 amide bonds. The molecule has 0 spiro atoms. The van der Waals surface area contributed by atoms with E-state index in [1.54, 1.807) is 12.3 Å². The van der Waals surface area contributed by atoms with Crippen molar-refractivity contribution in [3.63, 3.8) is 0 Å². The summed E-state index contributed by atoms with van der Waals surface area (Å²) in [6, 6.07) is 9.31. The molecular formula is C19H19N3O3. The Labute approximate surface area is 145 Å². The Morgan fingerprint density at radius 3 is 3.16 bits per heavy atom. The quantitative estimate of drug-likeness (QED) is 0.763. The fourth-order valence-electron chi connectivity index (χ4n) is 3.16. The van der Waals surface area contributed by atoms with Crippen molar-refractivity contribution in [1.82, 2.24) is 10.2 Å². The molecule has 3 aromatic rings. The molecule has 2 N–H and O–H groups in total. The number of rotatable bonds is 4. The molecule has 0 bridgehead atoms. The fourth-order valence-corrected chi connectivity index (χ4v) is 3.16. The van der Waals surface area contributed by atoms with Gasteiger partial charge in [-0.15, -0.1) is 0 Å². The Hall–Kier alpha value is -3.02. The van der Waals surface area contributed by atoms with Crippen molar-refractivity contribution < 1.29 is 14.3 Å². The van der Waals surface area contributed by atoms with E-state index >= 15 is 0 Å². The number of carbonyl (C=O) groups excluding carboxylic acids is 1. The van der Waals surface area contributed by atoms with Crippen LogP contribution in [0.2, 0.25) is 0 Å². The van der Waals surface area contributed by atoms with Crippen LogP contribution in [-0.2, 0) is 6.42 Å². The predicted octanol–water partition coefficient (Wildman–Crippen LogP) is 3.54. The van der Waals surface area contributed by atoms with Crippen molar-refractivity contribution in [1.29, 1.82) is 0 Å². The van der Waals surface area contributed by atoms with Crippen LogP contribution in [0.15, 0.2) is 36.5 Å². The zero-order valence-corrected chi connectivity index (χ0v) is 14.1. The number of nitrogens with zero attached hydrogens (tertiary/aromatic N) is 1. The molecule has 0 aliphatic carbocycles. The molecule has 1 unspecified atom stereocenters. The van der Waals surface area contributed by atoms with Crippen LogP contribution < -0.4 is 14.8 Å². The van der Waals surface area contributed by atoms with Crippen LogP contribution in [0.3, 0.4) is 0 Å².